The van der Waals surface area contributed by atoms with Crippen molar-refractivity contribution in [2.75, 3.05) is 63.1 Å². The Kier molecular flexibility index (Phi) is 8.18. The Morgan fingerprint density at radius 2 is 1.60 bits per heavy atom. The first-order valence-corrected chi connectivity index (χ1v) is 12.3. The van der Waals surface area contributed by atoms with Crippen molar-refractivity contribution in [3.8, 4) is 0 Å². The topological polar surface area (TPSA) is 50.9 Å². The average molecular weight is 490 g/mol. The van der Waals surface area contributed by atoms with Crippen molar-refractivity contribution >= 4 is 23.0 Å². The molecule has 0 aliphatic carbocycles. The van der Waals surface area contributed by atoms with Gasteiger partial charge in [-0.2, -0.15) is 13.2 Å². The lowest BCUT2D eigenvalue weighted by atomic mass is 10.1. The van der Waals surface area contributed by atoms with E-state index < -0.39 is 11.7 Å². The second-order valence-electron chi connectivity index (χ2n) is 9.45. The van der Waals surface area contributed by atoms with Crippen LogP contribution in [0.5, 0.6) is 0 Å². The first-order chi connectivity index (χ1) is 16.8. The maximum Gasteiger partial charge on any atom is 0.418 e. The third-order valence-corrected chi connectivity index (χ3v) is 6.71. The molecule has 35 heavy (non-hydrogen) atoms. The zero-order valence-electron chi connectivity index (χ0n) is 20.2. The summed E-state index contributed by atoms with van der Waals surface area (Å²) < 4.78 is 41.5. The summed E-state index contributed by atoms with van der Waals surface area (Å²) >= 11 is 0. The van der Waals surface area contributed by atoms with E-state index in [2.05, 4.69) is 25.3 Å². The highest BCUT2D eigenvalue weighted by atomic mass is 19.4. The fourth-order valence-corrected chi connectivity index (χ4v) is 4.57. The highest BCUT2D eigenvalue weighted by Gasteiger charge is 2.34. The van der Waals surface area contributed by atoms with Crippen molar-refractivity contribution in [3.05, 3.63) is 53.6 Å². The SMILES string of the molecule is CN1CCN(CC(=O)NCc2ccc(Nc3ccc(N4CCCCC4)cc3)c(C(F)(F)F)c2)CC1. The number of carbonyl (C=O) groups is 1. The second-order valence-corrected chi connectivity index (χ2v) is 9.45. The summed E-state index contributed by atoms with van der Waals surface area (Å²) in [5.74, 6) is -0.181. The number of hydrogen-bond acceptors (Lipinski definition) is 5. The minimum atomic E-state index is -4.52. The fraction of sp³-hybridized carbons (Fsp3) is 0.500. The number of likely N-dealkylation sites (N-methyl/N-ethyl adjacent to an activating group) is 1. The Morgan fingerprint density at radius 3 is 2.26 bits per heavy atom. The molecule has 2 heterocycles. The summed E-state index contributed by atoms with van der Waals surface area (Å²) in [6.07, 6.45) is -0.947. The van der Waals surface area contributed by atoms with Gasteiger partial charge in [0.25, 0.3) is 0 Å². The number of halogens is 3. The molecule has 0 unspecified atom stereocenters. The molecule has 0 aromatic heterocycles. The fourth-order valence-electron chi connectivity index (χ4n) is 4.57. The first-order valence-electron chi connectivity index (χ1n) is 12.3. The zero-order valence-corrected chi connectivity index (χ0v) is 20.2. The van der Waals surface area contributed by atoms with E-state index in [-0.39, 0.29) is 24.7 Å². The van der Waals surface area contributed by atoms with E-state index in [9.17, 15) is 18.0 Å². The molecule has 2 saturated heterocycles. The van der Waals surface area contributed by atoms with Crippen LogP contribution in [0.3, 0.4) is 0 Å². The van der Waals surface area contributed by atoms with E-state index in [4.69, 9.17) is 0 Å². The van der Waals surface area contributed by atoms with Crippen LogP contribution in [0.2, 0.25) is 0 Å². The van der Waals surface area contributed by atoms with Crippen LogP contribution >= 0.6 is 0 Å². The van der Waals surface area contributed by atoms with Gasteiger partial charge in [-0.3, -0.25) is 9.69 Å². The van der Waals surface area contributed by atoms with Gasteiger partial charge in [-0.05, 0) is 68.3 Å². The second kappa shape index (κ2) is 11.3. The maximum absolute atomic E-state index is 13.8. The third-order valence-electron chi connectivity index (χ3n) is 6.71. The highest BCUT2D eigenvalue weighted by molar-refractivity contribution is 5.78. The van der Waals surface area contributed by atoms with Gasteiger partial charge in [-0.15, -0.1) is 0 Å². The highest BCUT2D eigenvalue weighted by Crippen LogP contribution is 2.37. The predicted molar refractivity (Wildman–Crippen MR) is 133 cm³/mol. The number of rotatable bonds is 7. The lowest BCUT2D eigenvalue weighted by Crippen LogP contribution is -2.48. The van der Waals surface area contributed by atoms with Gasteiger partial charge < -0.3 is 20.4 Å². The van der Waals surface area contributed by atoms with Crippen molar-refractivity contribution in [2.45, 2.75) is 32.0 Å². The van der Waals surface area contributed by atoms with Gasteiger partial charge >= 0.3 is 6.18 Å². The first kappa shape index (κ1) is 25.3. The molecule has 1 amide bonds. The largest absolute Gasteiger partial charge is 0.418 e. The van der Waals surface area contributed by atoms with E-state index in [0.29, 0.717) is 11.3 Å². The zero-order chi connectivity index (χ0) is 24.8. The number of nitrogens with zero attached hydrogens (tertiary/aromatic N) is 3. The van der Waals surface area contributed by atoms with Crippen LogP contribution in [0.1, 0.15) is 30.4 Å². The molecule has 0 bridgehead atoms. The molecule has 2 N–H and O–H groups in total. The van der Waals surface area contributed by atoms with Crippen LogP contribution in [0.15, 0.2) is 42.5 Å². The predicted octanol–water partition coefficient (Wildman–Crippen LogP) is 4.30. The molecular formula is C26H34F3N5O. The summed E-state index contributed by atoms with van der Waals surface area (Å²) in [5, 5.41) is 5.68. The Morgan fingerprint density at radius 1 is 0.914 bits per heavy atom. The summed E-state index contributed by atoms with van der Waals surface area (Å²) in [6.45, 7) is 5.75. The van der Waals surface area contributed by atoms with Crippen LogP contribution in [0, 0.1) is 0 Å². The minimum absolute atomic E-state index is 0.00395. The molecule has 2 aliphatic heterocycles. The van der Waals surface area contributed by atoms with Crippen molar-refractivity contribution in [1.82, 2.24) is 15.1 Å². The molecule has 0 radical (unpaired) electrons. The van der Waals surface area contributed by atoms with Crippen LogP contribution in [0.25, 0.3) is 0 Å². The van der Waals surface area contributed by atoms with Gasteiger partial charge in [0.05, 0.1) is 17.8 Å². The van der Waals surface area contributed by atoms with Crippen LogP contribution in [-0.4, -0.2) is 68.6 Å². The smallest absolute Gasteiger partial charge is 0.372 e. The molecule has 190 valence electrons. The summed E-state index contributed by atoms with van der Waals surface area (Å²) in [5.41, 5.74) is 1.35. The number of hydrogen-bond donors (Lipinski definition) is 2. The van der Waals surface area contributed by atoms with E-state index in [1.807, 2.05) is 31.3 Å². The number of nitrogens with one attached hydrogen (secondary N) is 2. The van der Waals surface area contributed by atoms with Crippen molar-refractivity contribution in [3.63, 3.8) is 0 Å². The van der Waals surface area contributed by atoms with Crippen LogP contribution in [-0.2, 0) is 17.5 Å². The quantitative estimate of drug-likeness (QED) is 0.607. The molecule has 9 heteroatoms. The molecule has 0 saturated carbocycles. The number of anilines is 3. The third kappa shape index (κ3) is 7.11. The molecule has 0 spiro atoms. The van der Waals surface area contributed by atoms with E-state index in [1.54, 1.807) is 6.07 Å². The van der Waals surface area contributed by atoms with E-state index in [1.165, 1.54) is 12.5 Å². The Hall–Kier alpha value is -2.78. The number of carbonyl (C=O) groups excluding carboxylic acids is 1. The summed E-state index contributed by atoms with van der Waals surface area (Å²) in [6, 6.07) is 11.7. The Bertz CT molecular complexity index is 981. The van der Waals surface area contributed by atoms with Gasteiger partial charge in [0.15, 0.2) is 0 Å². The molecule has 0 atom stereocenters. The number of piperidine rings is 1. The standard InChI is InChI=1S/C26H34F3N5O/c1-32-13-15-33(16-14-32)19-25(35)30-18-20-5-10-24(23(17-20)26(27,28)29)31-21-6-8-22(9-7-21)34-11-3-2-4-12-34/h5-10,17,31H,2-4,11-16,18-19H2,1H3,(H,30,35). The molecule has 2 aliphatic rings. The van der Waals surface area contributed by atoms with Crippen molar-refractivity contribution < 1.29 is 18.0 Å². The van der Waals surface area contributed by atoms with Crippen molar-refractivity contribution in [2.24, 2.45) is 0 Å². The lowest BCUT2D eigenvalue weighted by Gasteiger charge is -2.31. The van der Waals surface area contributed by atoms with Gasteiger partial charge in [-0.25, -0.2) is 0 Å². The average Bonchev–Trinajstić information content (AvgIpc) is 2.85. The van der Waals surface area contributed by atoms with Crippen LogP contribution < -0.4 is 15.5 Å². The van der Waals surface area contributed by atoms with Gasteiger partial charge in [0.1, 0.15) is 0 Å². The van der Waals surface area contributed by atoms with Gasteiger partial charge in [0.2, 0.25) is 5.91 Å². The number of amides is 1. The summed E-state index contributed by atoms with van der Waals surface area (Å²) in [7, 11) is 2.04. The van der Waals surface area contributed by atoms with Gasteiger partial charge in [0, 0.05) is 57.2 Å². The van der Waals surface area contributed by atoms with Crippen LogP contribution in [0.4, 0.5) is 30.2 Å². The molecule has 2 fully saturated rings. The molecule has 2 aromatic carbocycles. The van der Waals surface area contributed by atoms with Crippen molar-refractivity contribution in [1.29, 1.82) is 0 Å². The number of alkyl halides is 3. The normalized spacial score (nSPS) is 17.9. The summed E-state index contributed by atoms with van der Waals surface area (Å²) in [4.78, 5) is 18.9. The molecule has 4 rings (SSSR count). The monoisotopic (exact) mass is 489 g/mol. The molecule has 2 aromatic rings. The number of benzene rings is 2. The Labute approximate surface area is 205 Å². The lowest BCUT2D eigenvalue weighted by molar-refractivity contribution is -0.137. The Balaban J connectivity index is 1.38. The molecular weight excluding hydrogens is 455 g/mol. The van der Waals surface area contributed by atoms with E-state index >= 15 is 0 Å². The van der Waals surface area contributed by atoms with E-state index in [0.717, 1.165) is 63.9 Å². The molecule has 6 nitrogen and oxygen atoms in total. The van der Waals surface area contributed by atoms with Gasteiger partial charge in [-0.1, -0.05) is 6.07 Å². The minimum Gasteiger partial charge on any atom is -0.372 e. The number of piperazine rings is 1. The maximum atomic E-state index is 13.8.